The summed E-state index contributed by atoms with van der Waals surface area (Å²) >= 11 is 0. The molecule has 0 saturated carbocycles. The van der Waals surface area contributed by atoms with Crippen molar-refractivity contribution in [1.29, 1.82) is 5.26 Å². The summed E-state index contributed by atoms with van der Waals surface area (Å²) in [5, 5.41) is 8.79. The fraction of sp³-hybridized carbons (Fsp3) is 0.0769. The lowest BCUT2D eigenvalue weighted by Crippen LogP contribution is -1.86. The number of methoxy groups -OCH3 is 1. The molecule has 1 heterocycles. The third-order valence-electron chi connectivity index (χ3n) is 2.27. The van der Waals surface area contributed by atoms with Crippen LogP contribution in [0.25, 0.3) is 11.3 Å². The Morgan fingerprint density at radius 2 is 1.94 bits per heavy atom. The second kappa shape index (κ2) is 4.45. The van der Waals surface area contributed by atoms with Crippen molar-refractivity contribution >= 4 is 0 Å². The maximum Gasteiger partial charge on any atom is 0.118 e. The first kappa shape index (κ1) is 10.2. The zero-order valence-corrected chi connectivity index (χ0v) is 8.84. The molecule has 0 bridgehead atoms. The van der Waals surface area contributed by atoms with Crippen LogP contribution < -0.4 is 4.74 Å². The van der Waals surface area contributed by atoms with Gasteiger partial charge in [0.25, 0.3) is 0 Å². The average Bonchev–Trinajstić information content (AvgIpc) is 2.39. The van der Waals surface area contributed by atoms with E-state index in [0.29, 0.717) is 5.56 Å². The number of pyridine rings is 1. The van der Waals surface area contributed by atoms with Gasteiger partial charge in [0, 0.05) is 11.8 Å². The van der Waals surface area contributed by atoms with Crippen molar-refractivity contribution < 1.29 is 4.74 Å². The molecule has 3 nitrogen and oxygen atoms in total. The zero-order valence-electron chi connectivity index (χ0n) is 8.84. The normalized spacial score (nSPS) is 9.50. The molecular formula is C13H10N2O. The van der Waals surface area contributed by atoms with Crippen molar-refractivity contribution in [2.24, 2.45) is 0 Å². The third-order valence-corrected chi connectivity index (χ3v) is 2.27. The molecule has 0 fully saturated rings. The van der Waals surface area contributed by atoms with Gasteiger partial charge < -0.3 is 4.74 Å². The van der Waals surface area contributed by atoms with E-state index >= 15 is 0 Å². The van der Waals surface area contributed by atoms with Crippen molar-refractivity contribution in [2.75, 3.05) is 7.11 Å². The number of benzene rings is 1. The maximum absolute atomic E-state index is 8.79. The van der Waals surface area contributed by atoms with E-state index in [1.165, 1.54) is 0 Å². The van der Waals surface area contributed by atoms with E-state index in [9.17, 15) is 0 Å². The molecule has 2 aromatic rings. The summed E-state index contributed by atoms with van der Waals surface area (Å²) in [6.07, 6.45) is 1.64. The summed E-state index contributed by atoms with van der Waals surface area (Å²) in [7, 11) is 1.63. The number of ether oxygens (including phenoxy) is 1. The minimum Gasteiger partial charge on any atom is -0.497 e. The van der Waals surface area contributed by atoms with E-state index in [0.717, 1.165) is 17.0 Å². The van der Waals surface area contributed by atoms with Gasteiger partial charge in [-0.25, -0.2) is 0 Å². The first-order valence-electron chi connectivity index (χ1n) is 4.84. The molecule has 0 aliphatic heterocycles. The van der Waals surface area contributed by atoms with Gasteiger partial charge in [-0.3, -0.25) is 4.98 Å². The smallest absolute Gasteiger partial charge is 0.118 e. The van der Waals surface area contributed by atoms with Crippen LogP contribution in [0.15, 0.2) is 42.6 Å². The second-order valence-electron chi connectivity index (χ2n) is 3.27. The highest BCUT2D eigenvalue weighted by Gasteiger charge is 2.00. The van der Waals surface area contributed by atoms with Crippen LogP contribution in [-0.2, 0) is 0 Å². The Morgan fingerprint density at radius 1 is 1.19 bits per heavy atom. The van der Waals surface area contributed by atoms with Crippen molar-refractivity contribution in [3.8, 4) is 23.1 Å². The largest absolute Gasteiger partial charge is 0.497 e. The predicted molar refractivity (Wildman–Crippen MR) is 60.9 cm³/mol. The summed E-state index contributed by atoms with van der Waals surface area (Å²) in [5.74, 6) is 0.806. The van der Waals surface area contributed by atoms with E-state index in [2.05, 4.69) is 11.1 Å². The van der Waals surface area contributed by atoms with E-state index in [1.54, 1.807) is 25.4 Å². The minimum atomic E-state index is 0.612. The lowest BCUT2D eigenvalue weighted by atomic mass is 10.1. The Balaban J connectivity index is 2.39. The van der Waals surface area contributed by atoms with E-state index in [1.807, 2.05) is 24.3 Å². The van der Waals surface area contributed by atoms with Crippen molar-refractivity contribution in [3.63, 3.8) is 0 Å². The summed E-state index contributed by atoms with van der Waals surface area (Å²) in [4.78, 5) is 4.22. The fourth-order valence-corrected chi connectivity index (χ4v) is 1.42. The molecule has 0 saturated heterocycles. The molecule has 0 radical (unpaired) electrons. The zero-order chi connectivity index (χ0) is 11.4. The predicted octanol–water partition coefficient (Wildman–Crippen LogP) is 2.63. The highest BCUT2D eigenvalue weighted by molar-refractivity contribution is 5.61. The molecule has 0 aliphatic carbocycles. The van der Waals surface area contributed by atoms with E-state index in [4.69, 9.17) is 10.00 Å². The van der Waals surface area contributed by atoms with Gasteiger partial charge in [0.1, 0.15) is 5.75 Å². The van der Waals surface area contributed by atoms with E-state index < -0.39 is 0 Å². The fourth-order valence-electron chi connectivity index (χ4n) is 1.42. The standard InChI is InChI=1S/C13H10N2O/c1-16-12-4-2-11(3-5-12)13-8-10(9-14)6-7-15-13/h2-8H,1H3. The molecule has 0 atom stereocenters. The molecular weight excluding hydrogens is 200 g/mol. The Labute approximate surface area is 93.9 Å². The molecule has 3 heteroatoms. The van der Waals surface area contributed by atoms with Crippen LogP contribution in [0.3, 0.4) is 0 Å². The molecule has 0 spiro atoms. The van der Waals surface area contributed by atoms with Crippen LogP contribution in [0.5, 0.6) is 5.75 Å². The molecule has 0 N–H and O–H groups in total. The Morgan fingerprint density at radius 3 is 2.56 bits per heavy atom. The SMILES string of the molecule is COc1ccc(-c2cc(C#N)ccn2)cc1. The van der Waals surface area contributed by atoms with Gasteiger partial charge in [-0.05, 0) is 36.4 Å². The van der Waals surface area contributed by atoms with Gasteiger partial charge in [0.2, 0.25) is 0 Å². The lowest BCUT2D eigenvalue weighted by molar-refractivity contribution is 0.415. The van der Waals surface area contributed by atoms with E-state index in [-0.39, 0.29) is 0 Å². The molecule has 1 aromatic heterocycles. The quantitative estimate of drug-likeness (QED) is 0.765. The van der Waals surface area contributed by atoms with Gasteiger partial charge in [-0.1, -0.05) is 0 Å². The van der Waals surface area contributed by atoms with Gasteiger partial charge in [0.15, 0.2) is 0 Å². The van der Waals surface area contributed by atoms with Crippen LogP contribution in [0, 0.1) is 11.3 Å². The number of hydrogen-bond donors (Lipinski definition) is 0. The molecule has 0 amide bonds. The van der Waals surface area contributed by atoms with Crippen LogP contribution in [-0.4, -0.2) is 12.1 Å². The number of hydrogen-bond acceptors (Lipinski definition) is 3. The average molecular weight is 210 g/mol. The molecule has 0 unspecified atom stereocenters. The van der Waals surface area contributed by atoms with Gasteiger partial charge in [-0.2, -0.15) is 5.26 Å². The Bertz CT molecular complexity index is 526. The number of nitriles is 1. The number of rotatable bonds is 2. The van der Waals surface area contributed by atoms with Gasteiger partial charge in [-0.15, -0.1) is 0 Å². The summed E-state index contributed by atoms with van der Waals surface area (Å²) in [6, 6.07) is 13.1. The van der Waals surface area contributed by atoms with Crippen molar-refractivity contribution in [3.05, 3.63) is 48.2 Å². The summed E-state index contributed by atoms with van der Waals surface area (Å²) in [6.45, 7) is 0. The van der Waals surface area contributed by atoms with Crippen molar-refractivity contribution in [1.82, 2.24) is 4.98 Å². The van der Waals surface area contributed by atoms with Crippen molar-refractivity contribution in [2.45, 2.75) is 0 Å². The number of aromatic nitrogens is 1. The highest BCUT2D eigenvalue weighted by atomic mass is 16.5. The summed E-state index contributed by atoms with van der Waals surface area (Å²) < 4.78 is 5.08. The van der Waals surface area contributed by atoms with Crippen LogP contribution in [0.1, 0.15) is 5.56 Å². The third kappa shape index (κ3) is 2.01. The number of nitrogens with zero attached hydrogens (tertiary/aromatic N) is 2. The Kier molecular flexibility index (Phi) is 2.84. The first-order chi connectivity index (χ1) is 7.83. The van der Waals surface area contributed by atoms with Gasteiger partial charge in [0.05, 0.1) is 24.4 Å². The highest BCUT2D eigenvalue weighted by Crippen LogP contribution is 2.20. The second-order valence-corrected chi connectivity index (χ2v) is 3.27. The molecule has 16 heavy (non-hydrogen) atoms. The molecule has 0 aliphatic rings. The molecule has 2 rings (SSSR count). The van der Waals surface area contributed by atoms with Crippen LogP contribution in [0.2, 0.25) is 0 Å². The van der Waals surface area contributed by atoms with Crippen LogP contribution in [0.4, 0.5) is 0 Å². The summed E-state index contributed by atoms with van der Waals surface area (Å²) in [5.41, 5.74) is 2.38. The molecule has 1 aromatic carbocycles. The topological polar surface area (TPSA) is 45.9 Å². The van der Waals surface area contributed by atoms with Crippen LogP contribution >= 0.6 is 0 Å². The van der Waals surface area contributed by atoms with Gasteiger partial charge >= 0.3 is 0 Å². The monoisotopic (exact) mass is 210 g/mol. The Hall–Kier alpha value is -2.34. The lowest BCUT2D eigenvalue weighted by Gasteiger charge is -2.02. The maximum atomic E-state index is 8.79. The first-order valence-corrected chi connectivity index (χ1v) is 4.84. The molecule has 78 valence electrons. The minimum absolute atomic E-state index is 0.612.